The Balaban J connectivity index is 1.75. The molecule has 2 saturated heterocycles. The van der Waals surface area contributed by atoms with Gasteiger partial charge in [0.2, 0.25) is 0 Å². The SMILES string of the molecule is CCOC(=O)CC1(c2ccc(B3OC(C)(C)C(C)(C)O3)cc2)COC1. The zero-order valence-electron chi connectivity index (χ0n) is 15.8. The lowest BCUT2D eigenvalue weighted by Gasteiger charge is -2.41. The first-order chi connectivity index (χ1) is 11.7. The Labute approximate surface area is 150 Å². The first-order valence-electron chi connectivity index (χ1n) is 8.89. The fourth-order valence-electron chi connectivity index (χ4n) is 3.18. The van der Waals surface area contributed by atoms with E-state index < -0.39 is 0 Å². The molecule has 0 unspecified atom stereocenters. The van der Waals surface area contributed by atoms with E-state index in [4.69, 9.17) is 18.8 Å². The summed E-state index contributed by atoms with van der Waals surface area (Å²) < 4.78 is 22.7. The molecule has 0 aromatic heterocycles. The minimum absolute atomic E-state index is 0.180. The fraction of sp³-hybridized carbons (Fsp3) is 0.632. The Bertz CT molecular complexity index is 618. The van der Waals surface area contributed by atoms with Crippen LogP contribution in [0.25, 0.3) is 0 Å². The molecule has 1 aromatic rings. The van der Waals surface area contributed by atoms with Gasteiger partial charge in [-0.3, -0.25) is 4.79 Å². The van der Waals surface area contributed by atoms with Crippen molar-refractivity contribution in [3.8, 4) is 0 Å². The number of esters is 1. The topological polar surface area (TPSA) is 54.0 Å². The van der Waals surface area contributed by atoms with Gasteiger partial charge in [0, 0.05) is 0 Å². The van der Waals surface area contributed by atoms with Crippen molar-refractivity contribution in [1.29, 1.82) is 0 Å². The van der Waals surface area contributed by atoms with Gasteiger partial charge >= 0.3 is 13.1 Å². The van der Waals surface area contributed by atoms with Crippen LogP contribution in [0.15, 0.2) is 24.3 Å². The van der Waals surface area contributed by atoms with Gasteiger partial charge < -0.3 is 18.8 Å². The van der Waals surface area contributed by atoms with Crippen molar-refractivity contribution < 1.29 is 23.6 Å². The highest BCUT2D eigenvalue weighted by molar-refractivity contribution is 6.62. The zero-order valence-corrected chi connectivity index (χ0v) is 15.8. The first-order valence-corrected chi connectivity index (χ1v) is 8.89. The van der Waals surface area contributed by atoms with Crippen LogP contribution in [-0.2, 0) is 29.0 Å². The fourth-order valence-corrected chi connectivity index (χ4v) is 3.18. The van der Waals surface area contributed by atoms with Gasteiger partial charge in [-0.05, 0) is 45.6 Å². The van der Waals surface area contributed by atoms with E-state index >= 15 is 0 Å². The van der Waals surface area contributed by atoms with Crippen LogP contribution >= 0.6 is 0 Å². The van der Waals surface area contributed by atoms with Crippen LogP contribution in [0.3, 0.4) is 0 Å². The van der Waals surface area contributed by atoms with Gasteiger partial charge in [-0.1, -0.05) is 24.3 Å². The maximum atomic E-state index is 11.9. The second kappa shape index (κ2) is 6.42. The van der Waals surface area contributed by atoms with E-state index in [2.05, 4.69) is 0 Å². The number of rotatable bonds is 5. The summed E-state index contributed by atoms with van der Waals surface area (Å²) in [7, 11) is -0.377. The second-order valence-corrected chi connectivity index (χ2v) is 7.97. The monoisotopic (exact) mass is 346 g/mol. The van der Waals surface area contributed by atoms with Gasteiger partial charge in [0.25, 0.3) is 0 Å². The lowest BCUT2D eigenvalue weighted by molar-refractivity contribution is -0.151. The van der Waals surface area contributed by atoms with Crippen molar-refractivity contribution in [2.24, 2.45) is 0 Å². The Morgan fingerprint density at radius 1 is 1.08 bits per heavy atom. The molecular formula is C19H27BO5. The van der Waals surface area contributed by atoms with Gasteiger partial charge in [0.15, 0.2) is 0 Å². The third kappa shape index (κ3) is 3.35. The van der Waals surface area contributed by atoms with Crippen LogP contribution in [0, 0.1) is 0 Å². The minimum atomic E-state index is -0.377. The van der Waals surface area contributed by atoms with Crippen molar-refractivity contribution in [2.45, 2.75) is 57.7 Å². The van der Waals surface area contributed by atoms with E-state index in [1.807, 2.05) is 58.9 Å². The van der Waals surface area contributed by atoms with Crippen molar-refractivity contribution in [3.05, 3.63) is 29.8 Å². The molecule has 25 heavy (non-hydrogen) atoms. The molecule has 1 aromatic carbocycles. The number of carbonyl (C=O) groups excluding carboxylic acids is 1. The number of hydrogen-bond acceptors (Lipinski definition) is 5. The predicted octanol–water partition coefficient (Wildman–Crippen LogP) is 2.21. The summed E-state index contributed by atoms with van der Waals surface area (Å²) >= 11 is 0. The summed E-state index contributed by atoms with van der Waals surface area (Å²) in [6, 6.07) is 8.12. The molecule has 2 aliphatic heterocycles. The Morgan fingerprint density at radius 2 is 1.64 bits per heavy atom. The van der Waals surface area contributed by atoms with Crippen LogP contribution in [0.2, 0.25) is 0 Å². The number of carbonyl (C=O) groups is 1. The maximum absolute atomic E-state index is 11.9. The number of hydrogen-bond donors (Lipinski definition) is 0. The highest BCUT2D eigenvalue weighted by Crippen LogP contribution is 2.38. The van der Waals surface area contributed by atoms with Crippen LogP contribution in [0.4, 0.5) is 0 Å². The van der Waals surface area contributed by atoms with Crippen molar-refractivity contribution in [3.63, 3.8) is 0 Å². The lowest BCUT2D eigenvalue weighted by Crippen LogP contribution is -2.48. The Hall–Kier alpha value is -1.37. The maximum Gasteiger partial charge on any atom is 0.494 e. The average Bonchev–Trinajstić information content (AvgIpc) is 2.72. The molecule has 2 aliphatic rings. The molecule has 3 rings (SSSR count). The molecule has 0 atom stereocenters. The van der Waals surface area contributed by atoms with Gasteiger partial charge in [0.1, 0.15) is 0 Å². The number of ether oxygens (including phenoxy) is 2. The summed E-state index contributed by atoms with van der Waals surface area (Å²) in [6.07, 6.45) is 0.344. The summed E-state index contributed by atoms with van der Waals surface area (Å²) in [4.78, 5) is 11.9. The van der Waals surface area contributed by atoms with Crippen LogP contribution in [0.1, 0.15) is 46.6 Å². The summed E-state index contributed by atoms with van der Waals surface area (Å²) in [6.45, 7) is 11.5. The predicted molar refractivity (Wildman–Crippen MR) is 95.9 cm³/mol. The molecule has 0 N–H and O–H groups in total. The molecule has 2 fully saturated rings. The summed E-state index contributed by atoms with van der Waals surface area (Å²) in [5, 5.41) is 0. The van der Waals surface area contributed by atoms with E-state index in [1.165, 1.54) is 0 Å². The third-order valence-electron chi connectivity index (χ3n) is 5.59. The molecule has 0 saturated carbocycles. The van der Waals surface area contributed by atoms with Crippen LogP contribution in [0.5, 0.6) is 0 Å². The minimum Gasteiger partial charge on any atom is -0.466 e. The van der Waals surface area contributed by atoms with Crippen molar-refractivity contribution in [2.75, 3.05) is 19.8 Å². The van der Waals surface area contributed by atoms with E-state index in [1.54, 1.807) is 0 Å². The number of benzene rings is 1. The van der Waals surface area contributed by atoms with E-state index in [0.717, 1.165) is 11.0 Å². The molecule has 0 spiro atoms. The van der Waals surface area contributed by atoms with E-state index in [-0.39, 0.29) is 29.7 Å². The van der Waals surface area contributed by atoms with Gasteiger partial charge in [-0.25, -0.2) is 0 Å². The molecular weight excluding hydrogens is 319 g/mol. The Kier molecular flexibility index (Phi) is 4.73. The highest BCUT2D eigenvalue weighted by atomic mass is 16.7. The molecule has 0 amide bonds. The first kappa shape index (κ1) is 18.4. The lowest BCUT2D eigenvalue weighted by atomic mass is 9.73. The smallest absolute Gasteiger partial charge is 0.466 e. The third-order valence-corrected chi connectivity index (χ3v) is 5.59. The van der Waals surface area contributed by atoms with Crippen molar-refractivity contribution >= 4 is 18.6 Å². The van der Waals surface area contributed by atoms with Crippen LogP contribution < -0.4 is 5.46 Å². The van der Waals surface area contributed by atoms with E-state index in [0.29, 0.717) is 26.2 Å². The molecule has 6 heteroatoms. The van der Waals surface area contributed by atoms with Gasteiger partial charge in [-0.15, -0.1) is 0 Å². The van der Waals surface area contributed by atoms with Crippen LogP contribution in [-0.4, -0.2) is 44.1 Å². The standard InChI is InChI=1S/C19H27BO5/c1-6-23-16(21)11-19(12-22-13-19)14-7-9-15(10-8-14)20-24-17(2,3)18(4,5)25-20/h7-10H,6,11-13H2,1-5H3. The highest BCUT2D eigenvalue weighted by Gasteiger charge is 2.52. The van der Waals surface area contributed by atoms with Crippen molar-refractivity contribution in [1.82, 2.24) is 0 Å². The Morgan fingerprint density at radius 3 is 2.08 bits per heavy atom. The molecule has 5 nitrogen and oxygen atoms in total. The summed E-state index contributed by atoms with van der Waals surface area (Å²) in [5.41, 5.74) is 1.08. The molecule has 2 heterocycles. The average molecular weight is 346 g/mol. The molecule has 136 valence electrons. The van der Waals surface area contributed by atoms with Gasteiger partial charge in [-0.2, -0.15) is 0 Å². The zero-order chi connectivity index (χ0) is 18.3. The summed E-state index contributed by atoms with van der Waals surface area (Å²) in [5.74, 6) is -0.180. The molecule has 0 radical (unpaired) electrons. The normalized spacial score (nSPS) is 23.2. The van der Waals surface area contributed by atoms with E-state index in [9.17, 15) is 4.79 Å². The largest absolute Gasteiger partial charge is 0.494 e. The molecule has 0 aliphatic carbocycles. The quantitative estimate of drug-likeness (QED) is 0.604. The molecule has 0 bridgehead atoms. The van der Waals surface area contributed by atoms with Gasteiger partial charge in [0.05, 0.1) is 42.9 Å². The second-order valence-electron chi connectivity index (χ2n) is 7.97.